The summed E-state index contributed by atoms with van der Waals surface area (Å²) in [7, 11) is -3.39. The summed E-state index contributed by atoms with van der Waals surface area (Å²) in [6.45, 7) is 0.673. The minimum absolute atomic E-state index is 0.0113. The second-order valence-electron chi connectivity index (χ2n) is 9.63. The SMILES string of the molecule is Cc1nc(NCC(F)(F)F)nc(NC2(O)CCC(CN3CCCS3(=O)=O)C2O)c1-c1nc2ccccc2s1. The van der Waals surface area contributed by atoms with Gasteiger partial charge in [0.2, 0.25) is 16.0 Å². The van der Waals surface area contributed by atoms with Gasteiger partial charge in [-0.3, -0.25) is 0 Å². The molecule has 2 aliphatic rings. The van der Waals surface area contributed by atoms with E-state index < -0.39 is 40.5 Å². The van der Waals surface area contributed by atoms with E-state index in [0.29, 0.717) is 41.2 Å². The van der Waals surface area contributed by atoms with Crippen LogP contribution in [0.5, 0.6) is 0 Å². The van der Waals surface area contributed by atoms with E-state index in [1.165, 1.54) is 15.6 Å². The van der Waals surface area contributed by atoms with Gasteiger partial charge in [-0.05, 0) is 38.3 Å². The third-order valence-electron chi connectivity index (χ3n) is 6.85. The first kappa shape index (κ1) is 27.0. The lowest BCUT2D eigenvalue weighted by Crippen LogP contribution is -2.49. The molecule has 2 aromatic heterocycles. The molecular weight excluding hydrogens is 545 g/mol. The molecule has 5 rings (SSSR count). The standard InChI is InChI=1S/C23H27F3N6O4S2/c1-13-17(20-29-15-5-2-3-6-16(15)37-20)19(30-21(28-13)27-12-23(24,25)26)31-22(34)8-7-14(18(22)33)11-32-9-4-10-38(32,35)36/h2-3,5-6,14,18,33-34H,4,7-12H2,1H3,(H2,27,28,30,31). The second kappa shape index (κ2) is 9.86. The molecular formula is C23H27F3N6O4S2. The topological polar surface area (TPSA) is 141 Å². The molecule has 0 amide bonds. The van der Waals surface area contributed by atoms with E-state index in [0.717, 1.165) is 4.70 Å². The van der Waals surface area contributed by atoms with E-state index in [9.17, 15) is 31.8 Å². The zero-order chi connectivity index (χ0) is 27.3. The summed E-state index contributed by atoms with van der Waals surface area (Å²) in [6, 6.07) is 7.39. The Morgan fingerprint density at radius 3 is 2.68 bits per heavy atom. The van der Waals surface area contributed by atoms with Crippen LogP contribution < -0.4 is 10.6 Å². The Bertz CT molecular complexity index is 1420. The Morgan fingerprint density at radius 2 is 2.00 bits per heavy atom. The number of para-hydroxylation sites is 1. The summed E-state index contributed by atoms with van der Waals surface area (Å²) >= 11 is 1.33. The van der Waals surface area contributed by atoms with Crippen molar-refractivity contribution in [2.45, 2.75) is 44.2 Å². The van der Waals surface area contributed by atoms with Gasteiger partial charge in [0.1, 0.15) is 23.5 Å². The summed E-state index contributed by atoms with van der Waals surface area (Å²) < 4.78 is 65.2. The molecule has 38 heavy (non-hydrogen) atoms. The number of aliphatic hydroxyl groups excluding tert-OH is 1. The molecule has 1 saturated heterocycles. The normalized spacial score (nSPS) is 25.7. The summed E-state index contributed by atoms with van der Waals surface area (Å²) in [5.74, 6) is -0.783. The number of anilines is 2. The number of hydrogen-bond donors (Lipinski definition) is 4. The largest absolute Gasteiger partial charge is 0.405 e. The molecule has 1 saturated carbocycles. The number of rotatable bonds is 7. The van der Waals surface area contributed by atoms with Gasteiger partial charge in [-0.2, -0.15) is 18.2 Å². The number of thiazole rings is 1. The Labute approximate surface area is 221 Å². The summed E-state index contributed by atoms with van der Waals surface area (Å²) in [5.41, 5.74) is -0.484. The van der Waals surface area contributed by atoms with Crippen molar-refractivity contribution in [1.82, 2.24) is 19.3 Å². The molecule has 10 nitrogen and oxygen atoms in total. The predicted octanol–water partition coefficient (Wildman–Crippen LogP) is 2.94. The summed E-state index contributed by atoms with van der Waals surface area (Å²) in [5, 5.41) is 28.0. The van der Waals surface area contributed by atoms with E-state index >= 15 is 0 Å². The number of sulfonamides is 1. The number of halogens is 3. The smallest absolute Gasteiger partial charge is 0.388 e. The number of nitrogens with zero attached hydrogens (tertiary/aromatic N) is 4. The highest BCUT2D eigenvalue weighted by atomic mass is 32.2. The molecule has 2 fully saturated rings. The Kier molecular flexibility index (Phi) is 7.01. The Balaban J connectivity index is 1.48. The fourth-order valence-corrected chi connectivity index (χ4v) is 7.59. The summed E-state index contributed by atoms with van der Waals surface area (Å²) in [6.07, 6.45) is -4.95. The van der Waals surface area contributed by atoms with Gasteiger partial charge in [0.15, 0.2) is 5.72 Å². The van der Waals surface area contributed by atoms with Crippen molar-refractivity contribution in [3.63, 3.8) is 0 Å². The van der Waals surface area contributed by atoms with Crippen LogP contribution in [0.4, 0.5) is 24.9 Å². The Morgan fingerprint density at radius 1 is 1.24 bits per heavy atom. The zero-order valence-corrected chi connectivity index (χ0v) is 22.0. The average molecular weight is 573 g/mol. The van der Waals surface area contributed by atoms with Crippen molar-refractivity contribution in [3.8, 4) is 10.6 Å². The van der Waals surface area contributed by atoms with Crippen LogP contribution >= 0.6 is 11.3 Å². The van der Waals surface area contributed by atoms with Gasteiger partial charge in [-0.25, -0.2) is 22.7 Å². The molecule has 3 heterocycles. The number of fused-ring (bicyclic) bond motifs is 1. The minimum atomic E-state index is -4.50. The number of benzene rings is 1. The highest BCUT2D eigenvalue weighted by Crippen LogP contribution is 2.41. The third-order valence-corrected chi connectivity index (χ3v) is 9.83. The predicted molar refractivity (Wildman–Crippen MR) is 137 cm³/mol. The van der Waals surface area contributed by atoms with E-state index in [1.807, 2.05) is 24.3 Å². The monoisotopic (exact) mass is 572 g/mol. The molecule has 3 unspecified atom stereocenters. The molecule has 15 heteroatoms. The first-order valence-corrected chi connectivity index (χ1v) is 14.5. The molecule has 0 spiro atoms. The highest BCUT2D eigenvalue weighted by Gasteiger charge is 2.49. The average Bonchev–Trinajstić information content (AvgIpc) is 3.48. The molecule has 1 aliphatic carbocycles. The van der Waals surface area contributed by atoms with Crippen molar-refractivity contribution in [2.24, 2.45) is 5.92 Å². The van der Waals surface area contributed by atoms with Gasteiger partial charge in [-0.15, -0.1) is 11.3 Å². The first-order chi connectivity index (χ1) is 17.8. The van der Waals surface area contributed by atoms with Crippen LogP contribution in [0, 0.1) is 12.8 Å². The van der Waals surface area contributed by atoms with Gasteiger partial charge >= 0.3 is 6.18 Å². The van der Waals surface area contributed by atoms with Crippen LogP contribution in [0.25, 0.3) is 20.8 Å². The third kappa shape index (κ3) is 5.43. The molecule has 3 atom stereocenters. The van der Waals surface area contributed by atoms with Gasteiger partial charge < -0.3 is 20.8 Å². The van der Waals surface area contributed by atoms with E-state index in [1.54, 1.807) is 6.92 Å². The molecule has 4 N–H and O–H groups in total. The van der Waals surface area contributed by atoms with Crippen molar-refractivity contribution in [2.75, 3.05) is 36.0 Å². The van der Waals surface area contributed by atoms with Crippen LogP contribution in [0.2, 0.25) is 0 Å². The molecule has 0 bridgehead atoms. The Hall–Kier alpha value is -2.59. The van der Waals surface area contributed by atoms with Gasteiger partial charge in [0, 0.05) is 19.0 Å². The van der Waals surface area contributed by atoms with Gasteiger partial charge in [0.25, 0.3) is 0 Å². The van der Waals surface area contributed by atoms with Crippen molar-refractivity contribution >= 4 is 43.3 Å². The molecule has 0 radical (unpaired) electrons. The lowest BCUT2D eigenvalue weighted by atomic mass is 10.0. The maximum atomic E-state index is 12.8. The lowest BCUT2D eigenvalue weighted by Gasteiger charge is -2.32. The quantitative estimate of drug-likeness (QED) is 0.315. The van der Waals surface area contributed by atoms with E-state index in [2.05, 4.69) is 25.6 Å². The number of nitrogens with one attached hydrogen (secondary N) is 2. The van der Waals surface area contributed by atoms with Crippen LogP contribution in [-0.4, -0.2) is 81.3 Å². The fourth-order valence-electron chi connectivity index (χ4n) is 4.95. The van der Waals surface area contributed by atoms with Gasteiger partial charge in [-0.1, -0.05) is 12.1 Å². The molecule has 206 valence electrons. The maximum Gasteiger partial charge on any atom is 0.405 e. The minimum Gasteiger partial charge on any atom is -0.388 e. The highest BCUT2D eigenvalue weighted by molar-refractivity contribution is 7.89. The van der Waals surface area contributed by atoms with Gasteiger partial charge in [0.05, 0.1) is 27.2 Å². The van der Waals surface area contributed by atoms with Crippen molar-refractivity contribution < 1.29 is 31.8 Å². The van der Waals surface area contributed by atoms with E-state index in [4.69, 9.17) is 0 Å². The molecule has 1 aliphatic heterocycles. The number of aliphatic hydroxyl groups is 2. The zero-order valence-electron chi connectivity index (χ0n) is 20.4. The molecule has 1 aromatic carbocycles. The lowest BCUT2D eigenvalue weighted by molar-refractivity contribution is -0.115. The van der Waals surface area contributed by atoms with Crippen molar-refractivity contribution in [3.05, 3.63) is 30.0 Å². The number of aryl methyl sites for hydroxylation is 1. The van der Waals surface area contributed by atoms with Crippen molar-refractivity contribution in [1.29, 1.82) is 0 Å². The second-order valence-corrected chi connectivity index (χ2v) is 12.8. The van der Waals surface area contributed by atoms with Crippen LogP contribution in [0.3, 0.4) is 0 Å². The number of hydrogen-bond acceptors (Lipinski definition) is 10. The number of alkyl halides is 3. The van der Waals surface area contributed by atoms with Crippen LogP contribution in [-0.2, 0) is 10.0 Å². The van der Waals surface area contributed by atoms with E-state index in [-0.39, 0.29) is 30.5 Å². The maximum absolute atomic E-state index is 12.8. The summed E-state index contributed by atoms with van der Waals surface area (Å²) in [4.78, 5) is 13.0. The fraction of sp³-hybridized carbons (Fsp3) is 0.522. The van der Waals surface area contributed by atoms with Crippen LogP contribution in [0.15, 0.2) is 24.3 Å². The first-order valence-electron chi connectivity index (χ1n) is 12.1. The number of aromatic nitrogens is 3. The van der Waals surface area contributed by atoms with Crippen LogP contribution in [0.1, 0.15) is 25.0 Å². The molecule has 3 aromatic rings.